The van der Waals surface area contributed by atoms with Gasteiger partial charge in [0.25, 0.3) is 0 Å². The quantitative estimate of drug-likeness (QED) is 0.161. The molecule has 2 aromatic rings. The minimum absolute atomic E-state index is 0.347. The maximum atomic E-state index is 12.2. The second kappa shape index (κ2) is 15.8. The monoisotopic (exact) mass is 474 g/mol. The smallest absolute Gasteiger partial charge is 0.340 e. The number of methoxy groups -OCH3 is 1. The molecule has 0 amide bonds. The van der Waals surface area contributed by atoms with Crippen molar-refractivity contribution in [2.45, 2.75) is 77.6 Å². The van der Waals surface area contributed by atoms with Crippen molar-refractivity contribution in [3.63, 3.8) is 0 Å². The van der Waals surface area contributed by atoms with E-state index in [0.29, 0.717) is 10.7 Å². The molecule has 0 fully saturated rings. The van der Waals surface area contributed by atoms with E-state index >= 15 is 0 Å². The third kappa shape index (κ3) is 10.1. The Morgan fingerprint density at radius 2 is 1.59 bits per heavy atom. The molecular formula is C26H38N2O2S2. The van der Waals surface area contributed by atoms with Gasteiger partial charge in [-0.1, -0.05) is 95.0 Å². The molecule has 0 aliphatic rings. The Kier molecular flexibility index (Phi) is 13.0. The van der Waals surface area contributed by atoms with Gasteiger partial charge in [-0.25, -0.2) is 4.79 Å². The first kappa shape index (κ1) is 26.3. The number of esters is 1. The van der Waals surface area contributed by atoms with Crippen molar-refractivity contribution in [1.29, 1.82) is 0 Å². The van der Waals surface area contributed by atoms with Crippen LogP contribution in [0.3, 0.4) is 0 Å². The molecule has 0 unspecified atom stereocenters. The molecule has 2 N–H and O–H groups in total. The standard InChI is InChI=1S/C26H38N2O2S2/c1-3-4-5-6-7-8-9-10-11-15-18-27-26(31)28-24-23(25(29)30-2)20-22(32-24)19-21-16-13-12-14-17-21/h12-14,16-17,20H,3-11,15,18-19H2,1-2H3,(H2,27,28,31). The Labute approximate surface area is 203 Å². The fraction of sp³-hybridized carbons (Fsp3) is 0.538. The van der Waals surface area contributed by atoms with Gasteiger partial charge in [-0.15, -0.1) is 11.3 Å². The minimum atomic E-state index is -0.347. The first-order chi connectivity index (χ1) is 15.6. The van der Waals surface area contributed by atoms with Crippen LogP contribution < -0.4 is 10.6 Å². The van der Waals surface area contributed by atoms with Crippen molar-refractivity contribution < 1.29 is 9.53 Å². The van der Waals surface area contributed by atoms with Crippen molar-refractivity contribution in [3.8, 4) is 0 Å². The summed E-state index contributed by atoms with van der Waals surface area (Å²) in [7, 11) is 1.41. The van der Waals surface area contributed by atoms with Crippen molar-refractivity contribution in [1.82, 2.24) is 5.32 Å². The molecule has 1 heterocycles. The van der Waals surface area contributed by atoms with E-state index in [1.807, 2.05) is 24.3 Å². The summed E-state index contributed by atoms with van der Waals surface area (Å²) >= 11 is 7.01. The van der Waals surface area contributed by atoms with Gasteiger partial charge in [0.2, 0.25) is 0 Å². The zero-order valence-corrected chi connectivity index (χ0v) is 21.2. The summed E-state index contributed by atoms with van der Waals surface area (Å²) in [6.45, 7) is 3.11. The summed E-state index contributed by atoms with van der Waals surface area (Å²) in [4.78, 5) is 13.3. The molecule has 2 rings (SSSR count). The molecular weight excluding hydrogens is 436 g/mol. The lowest BCUT2D eigenvalue weighted by Crippen LogP contribution is -2.29. The van der Waals surface area contributed by atoms with Crippen molar-refractivity contribution in [2.75, 3.05) is 19.0 Å². The van der Waals surface area contributed by atoms with E-state index in [4.69, 9.17) is 17.0 Å². The average Bonchev–Trinajstić information content (AvgIpc) is 3.19. The second-order valence-electron chi connectivity index (χ2n) is 8.17. The van der Waals surface area contributed by atoms with Crippen molar-refractivity contribution >= 4 is 39.6 Å². The van der Waals surface area contributed by atoms with Crippen LogP contribution in [0.4, 0.5) is 5.00 Å². The molecule has 1 aromatic carbocycles. The van der Waals surface area contributed by atoms with Gasteiger partial charge < -0.3 is 15.4 Å². The van der Waals surface area contributed by atoms with Crippen LogP contribution in [0.2, 0.25) is 0 Å². The third-order valence-corrected chi connectivity index (χ3v) is 6.75. The van der Waals surface area contributed by atoms with Gasteiger partial charge in [0.05, 0.1) is 12.7 Å². The van der Waals surface area contributed by atoms with Crippen LogP contribution in [0, 0.1) is 0 Å². The zero-order valence-electron chi connectivity index (χ0n) is 19.6. The van der Waals surface area contributed by atoms with E-state index in [1.165, 1.54) is 70.5 Å². The van der Waals surface area contributed by atoms with E-state index in [1.54, 1.807) is 11.3 Å². The van der Waals surface area contributed by atoms with Gasteiger partial charge in [-0.2, -0.15) is 0 Å². The fourth-order valence-electron chi connectivity index (χ4n) is 3.64. The van der Waals surface area contributed by atoms with E-state index in [2.05, 4.69) is 29.7 Å². The molecule has 4 nitrogen and oxygen atoms in total. The molecule has 0 aliphatic carbocycles. The van der Waals surface area contributed by atoms with Gasteiger partial charge in [0.15, 0.2) is 5.11 Å². The highest BCUT2D eigenvalue weighted by Crippen LogP contribution is 2.30. The van der Waals surface area contributed by atoms with Crippen molar-refractivity contribution in [2.24, 2.45) is 0 Å². The van der Waals surface area contributed by atoms with Crippen LogP contribution >= 0.6 is 23.6 Å². The number of anilines is 1. The predicted octanol–water partition coefficient (Wildman–Crippen LogP) is 7.33. The Bertz CT molecular complexity index is 805. The van der Waals surface area contributed by atoms with E-state index in [0.717, 1.165) is 29.3 Å². The summed E-state index contributed by atoms with van der Waals surface area (Å²) in [6, 6.07) is 12.1. The number of unbranched alkanes of at least 4 members (excludes halogenated alkanes) is 9. The normalized spacial score (nSPS) is 10.7. The van der Waals surface area contributed by atoms with E-state index in [9.17, 15) is 4.79 Å². The van der Waals surface area contributed by atoms with Crippen LogP contribution in [-0.2, 0) is 11.2 Å². The fourth-order valence-corrected chi connectivity index (χ4v) is 4.99. The molecule has 176 valence electrons. The maximum Gasteiger partial charge on any atom is 0.340 e. The molecule has 0 radical (unpaired) electrons. The number of ether oxygens (including phenoxy) is 1. The Hall–Kier alpha value is -1.92. The topological polar surface area (TPSA) is 50.4 Å². The van der Waals surface area contributed by atoms with Crippen molar-refractivity contribution in [3.05, 3.63) is 52.4 Å². The van der Waals surface area contributed by atoms with Gasteiger partial charge in [0.1, 0.15) is 5.00 Å². The summed E-state index contributed by atoms with van der Waals surface area (Å²) in [5.74, 6) is -0.347. The summed E-state index contributed by atoms with van der Waals surface area (Å²) < 4.78 is 4.96. The van der Waals surface area contributed by atoms with Crippen LogP contribution in [0.15, 0.2) is 36.4 Å². The number of benzene rings is 1. The molecule has 0 saturated carbocycles. The highest BCUT2D eigenvalue weighted by Gasteiger charge is 2.17. The molecule has 0 bridgehead atoms. The number of rotatable bonds is 15. The molecule has 0 aliphatic heterocycles. The van der Waals surface area contributed by atoms with E-state index in [-0.39, 0.29) is 5.97 Å². The number of carbonyl (C=O) groups excluding carboxylic acids is 1. The number of thiophene rings is 1. The first-order valence-corrected chi connectivity index (χ1v) is 13.2. The number of hydrogen-bond acceptors (Lipinski definition) is 4. The lowest BCUT2D eigenvalue weighted by Gasteiger charge is -2.10. The van der Waals surface area contributed by atoms with Crippen LogP contribution in [0.1, 0.15) is 91.9 Å². The number of hydrogen-bond donors (Lipinski definition) is 2. The highest BCUT2D eigenvalue weighted by atomic mass is 32.1. The lowest BCUT2D eigenvalue weighted by molar-refractivity contribution is 0.0602. The van der Waals surface area contributed by atoms with Crippen LogP contribution in [0.25, 0.3) is 0 Å². The number of nitrogens with one attached hydrogen (secondary N) is 2. The molecule has 0 saturated heterocycles. The van der Waals surface area contributed by atoms with Crippen LogP contribution in [0.5, 0.6) is 0 Å². The van der Waals surface area contributed by atoms with Gasteiger partial charge >= 0.3 is 5.97 Å². The number of thiocarbonyl (C=S) groups is 1. The average molecular weight is 475 g/mol. The first-order valence-electron chi connectivity index (χ1n) is 11.9. The molecule has 6 heteroatoms. The molecule has 0 atom stereocenters. The summed E-state index contributed by atoms with van der Waals surface area (Å²) in [5.41, 5.74) is 1.74. The van der Waals surface area contributed by atoms with Gasteiger partial charge in [-0.3, -0.25) is 0 Å². The minimum Gasteiger partial charge on any atom is -0.465 e. The van der Waals surface area contributed by atoms with E-state index < -0.39 is 0 Å². The SMILES string of the molecule is CCCCCCCCCCCCNC(=S)Nc1sc(Cc2ccccc2)cc1C(=O)OC. The Morgan fingerprint density at radius 1 is 0.969 bits per heavy atom. The molecule has 1 aromatic heterocycles. The third-order valence-electron chi connectivity index (χ3n) is 5.45. The molecule has 0 spiro atoms. The largest absolute Gasteiger partial charge is 0.465 e. The highest BCUT2D eigenvalue weighted by molar-refractivity contribution is 7.80. The number of carbonyl (C=O) groups is 1. The summed E-state index contributed by atoms with van der Waals surface area (Å²) in [5, 5.41) is 7.77. The predicted molar refractivity (Wildman–Crippen MR) is 141 cm³/mol. The summed E-state index contributed by atoms with van der Waals surface area (Å²) in [6.07, 6.45) is 13.9. The second-order valence-corrected chi connectivity index (χ2v) is 9.72. The van der Waals surface area contributed by atoms with Gasteiger partial charge in [-0.05, 0) is 30.3 Å². The Balaban J connectivity index is 1.71. The maximum absolute atomic E-state index is 12.2. The zero-order chi connectivity index (χ0) is 23.0. The Morgan fingerprint density at radius 3 is 2.22 bits per heavy atom. The molecule has 32 heavy (non-hydrogen) atoms. The van der Waals surface area contributed by atoms with Crippen LogP contribution in [-0.4, -0.2) is 24.7 Å². The van der Waals surface area contributed by atoms with Gasteiger partial charge in [0, 0.05) is 17.8 Å². The lowest BCUT2D eigenvalue weighted by atomic mass is 10.1.